The number of fused-ring (bicyclic) bond motifs is 1. The Hall–Kier alpha value is -1.67. The van der Waals surface area contributed by atoms with E-state index < -0.39 is 9.84 Å². The molecule has 0 amide bonds. The number of rotatable bonds is 3. The van der Waals surface area contributed by atoms with Crippen LogP contribution >= 0.6 is 23.7 Å². The molecule has 1 aliphatic rings. The number of halogens is 1. The van der Waals surface area contributed by atoms with Gasteiger partial charge in [0, 0.05) is 42.5 Å². The Morgan fingerprint density at radius 1 is 1.10 bits per heavy atom. The predicted octanol–water partition coefficient (Wildman–Crippen LogP) is 4.26. The van der Waals surface area contributed by atoms with Crippen LogP contribution in [0.3, 0.4) is 0 Å². The number of hydrogen-bond donors (Lipinski definition) is 1. The summed E-state index contributed by atoms with van der Waals surface area (Å²) < 4.78 is 28.4. The second-order valence-corrected chi connectivity index (χ2v) is 11.3. The highest BCUT2D eigenvalue weighted by atomic mass is 35.5. The quantitative estimate of drug-likeness (QED) is 0.644. The van der Waals surface area contributed by atoms with Crippen molar-refractivity contribution in [2.75, 3.05) is 31.1 Å². The van der Waals surface area contributed by atoms with E-state index in [-0.39, 0.29) is 17.8 Å². The average molecular weight is 452 g/mol. The number of anilines is 1. The molecule has 156 valence electrons. The summed E-state index contributed by atoms with van der Waals surface area (Å²) in [5.41, 5.74) is 0.585. The molecule has 8 heteroatoms. The fourth-order valence-electron chi connectivity index (χ4n) is 3.62. The number of nitrogens with zero attached hydrogens (tertiary/aromatic N) is 2. The molecule has 0 aliphatic carbocycles. The molecule has 1 fully saturated rings. The maximum absolute atomic E-state index is 13.5. The molecule has 3 heterocycles. The van der Waals surface area contributed by atoms with Crippen molar-refractivity contribution in [3.63, 3.8) is 0 Å². The second kappa shape index (κ2) is 8.22. The Kier molecular flexibility index (Phi) is 6.24. The van der Waals surface area contributed by atoms with E-state index in [1.165, 1.54) is 11.3 Å². The second-order valence-electron chi connectivity index (χ2n) is 8.10. The van der Waals surface area contributed by atoms with Gasteiger partial charge in [-0.3, -0.25) is 0 Å². The van der Waals surface area contributed by atoms with Crippen LogP contribution in [0.4, 0.5) is 5.82 Å². The number of aromatic nitrogens is 1. The monoisotopic (exact) mass is 451 g/mol. The third-order valence-electron chi connectivity index (χ3n) is 5.07. The molecule has 2 aromatic heterocycles. The zero-order chi connectivity index (χ0) is 19.9. The minimum absolute atomic E-state index is 0. The molecule has 0 saturated carbocycles. The summed E-state index contributed by atoms with van der Waals surface area (Å²) in [7, 11) is -3.60. The smallest absolute Gasteiger partial charge is 0.216 e. The van der Waals surface area contributed by atoms with Crippen LogP contribution in [0, 0.1) is 0 Å². The molecule has 1 aliphatic heterocycles. The molecule has 1 saturated heterocycles. The highest BCUT2D eigenvalue weighted by Gasteiger charge is 2.29. The summed E-state index contributed by atoms with van der Waals surface area (Å²) in [6, 6.07) is 11.0. The summed E-state index contributed by atoms with van der Waals surface area (Å²) >= 11 is 1.33. The number of sulfone groups is 1. The topological polar surface area (TPSA) is 62.3 Å². The summed E-state index contributed by atoms with van der Waals surface area (Å²) in [5.74, 6) is 0.876. The molecule has 0 bridgehead atoms. The van der Waals surface area contributed by atoms with Gasteiger partial charge in [-0.25, -0.2) is 13.4 Å². The molecule has 1 aromatic carbocycles. The lowest BCUT2D eigenvalue weighted by Gasteiger charge is -2.28. The van der Waals surface area contributed by atoms with Crippen molar-refractivity contribution in [3.8, 4) is 0 Å². The van der Waals surface area contributed by atoms with Crippen molar-refractivity contribution in [1.29, 1.82) is 0 Å². The molecule has 0 radical (unpaired) electrons. The molecule has 4 rings (SSSR count). The van der Waals surface area contributed by atoms with Crippen LogP contribution in [0.15, 0.2) is 51.7 Å². The van der Waals surface area contributed by atoms with Crippen LogP contribution in [0.2, 0.25) is 0 Å². The highest BCUT2D eigenvalue weighted by molar-refractivity contribution is 7.93. The Morgan fingerprint density at radius 3 is 2.48 bits per heavy atom. The van der Waals surface area contributed by atoms with E-state index in [0.29, 0.717) is 9.10 Å². The van der Waals surface area contributed by atoms with E-state index in [1.807, 2.05) is 39.0 Å². The summed E-state index contributed by atoms with van der Waals surface area (Å²) in [6.45, 7) is 9.68. The molecule has 0 unspecified atom stereocenters. The molecule has 3 aromatic rings. The lowest BCUT2D eigenvalue weighted by Crippen LogP contribution is -2.43. The van der Waals surface area contributed by atoms with Crippen LogP contribution in [0.1, 0.15) is 26.3 Å². The lowest BCUT2D eigenvalue weighted by molar-refractivity contribution is 0.562. The van der Waals surface area contributed by atoms with Gasteiger partial charge in [-0.2, -0.15) is 0 Å². The summed E-state index contributed by atoms with van der Waals surface area (Å²) in [5, 5.41) is 4.26. The van der Waals surface area contributed by atoms with E-state index in [1.54, 1.807) is 24.4 Å². The van der Waals surface area contributed by atoms with Gasteiger partial charge in [0.05, 0.1) is 4.90 Å². The van der Waals surface area contributed by atoms with E-state index in [4.69, 9.17) is 0 Å². The first-order chi connectivity index (χ1) is 13.3. The number of thiophene rings is 1. The molecule has 29 heavy (non-hydrogen) atoms. The van der Waals surface area contributed by atoms with Crippen molar-refractivity contribution >= 4 is 49.5 Å². The number of hydrogen-bond acceptors (Lipinski definition) is 6. The highest BCUT2D eigenvalue weighted by Crippen LogP contribution is 2.39. The Bertz CT molecular complexity index is 1110. The maximum Gasteiger partial charge on any atom is 0.216 e. The third kappa shape index (κ3) is 4.14. The van der Waals surface area contributed by atoms with Crippen LogP contribution < -0.4 is 10.2 Å². The lowest BCUT2D eigenvalue weighted by atomic mass is 9.87. The zero-order valence-corrected chi connectivity index (χ0v) is 19.3. The third-order valence-corrected chi connectivity index (χ3v) is 8.45. The van der Waals surface area contributed by atoms with Crippen molar-refractivity contribution in [3.05, 3.63) is 48.2 Å². The van der Waals surface area contributed by atoms with Gasteiger partial charge in [-0.15, -0.1) is 23.7 Å². The van der Waals surface area contributed by atoms with Crippen LogP contribution in [-0.2, 0) is 15.3 Å². The van der Waals surface area contributed by atoms with Crippen molar-refractivity contribution in [2.24, 2.45) is 0 Å². The first-order valence-electron chi connectivity index (χ1n) is 9.47. The first kappa shape index (κ1) is 22.0. The van der Waals surface area contributed by atoms with E-state index in [0.717, 1.165) is 47.6 Å². The zero-order valence-electron chi connectivity index (χ0n) is 16.8. The van der Waals surface area contributed by atoms with Crippen molar-refractivity contribution in [2.45, 2.75) is 35.3 Å². The van der Waals surface area contributed by atoms with Gasteiger partial charge in [-0.05, 0) is 29.2 Å². The number of benzene rings is 1. The molecule has 1 N–H and O–H groups in total. The fraction of sp³-hybridized carbons (Fsp3) is 0.381. The van der Waals surface area contributed by atoms with Crippen molar-refractivity contribution < 1.29 is 8.42 Å². The van der Waals surface area contributed by atoms with Gasteiger partial charge < -0.3 is 10.2 Å². The summed E-state index contributed by atoms with van der Waals surface area (Å²) in [4.78, 5) is 7.19. The predicted molar refractivity (Wildman–Crippen MR) is 123 cm³/mol. The molecular weight excluding hydrogens is 426 g/mol. The molecule has 0 atom stereocenters. The first-order valence-corrected chi connectivity index (χ1v) is 11.8. The average Bonchev–Trinajstić information content (AvgIpc) is 3.13. The van der Waals surface area contributed by atoms with E-state index in [2.05, 4.69) is 15.2 Å². The van der Waals surface area contributed by atoms with Gasteiger partial charge in [0.25, 0.3) is 0 Å². The van der Waals surface area contributed by atoms with Crippen LogP contribution in [0.25, 0.3) is 10.1 Å². The molecule has 0 spiro atoms. The Morgan fingerprint density at radius 2 is 1.79 bits per heavy atom. The van der Waals surface area contributed by atoms with Gasteiger partial charge in [0.1, 0.15) is 10.0 Å². The van der Waals surface area contributed by atoms with Crippen molar-refractivity contribution in [1.82, 2.24) is 10.3 Å². The summed E-state index contributed by atoms with van der Waals surface area (Å²) in [6.07, 6.45) is 1.77. The van der Waals surface area contributed by atoms with E-state index in [9.17, 15) is 8.42 Å². The van der Waals surface area contributed by atoms with E-state index >= 15 is 0 Å². The Labute approximate surface area is 182 Å². The van der Waals surface area contributed by atoms with Gasteiger partial charge in [-0.1, -0.05) is 39.0 Å². The molecular formula is C21H26ClN3O2S2. The standard InChI is InChI=1S/C21H25N3O2S2.ClH/c1-21(2,3)16-6-4-5-7-18(16)28(25,26)19-14-15-17(27-19)8-9-23-20(15)24-12-10-22-11-13-24;/h4-9,14,22H,10-13H2,1-3H3;1H. The van der Waals surface area contributed by atoms with Crippen LogP contribution in [0.5, 0.6) is 0 Å². The van der Waals surface area contributed by atoms with Gasteiger partial charge >= 0.3 is 0 Å². The fourth-order valence-corrected chi connectivity index (χ4v) is 6.79. The number of nitrogens with one attached hydrogen (secondary N) is 1. The number of pyridine rings is 1. The van der Waals surface area contributed by atoms with Crippen LogP contribution in [-0.4, -0.2) is 39.6 Å². The molecule has 5 nitrogen and oxygen atoms in total. The van der Waals surface area contributed by atoms with Gasteiger partial charge in [0.15, 0.2) is 0 Å². The largest absolute Gasteiger partial charge is 0.354 e. The minimum atomic E-state index is -3.60. The maximum atomic E-state index is 13.5. The SMILES string of the molecule is CC(C)(C)c1ccccc1S(=O)(=O)c1cc2c(N3CCNCC3)nccc2s1.Cl. The Balaban J connectivity index is 0.00000240. The normalized spacial score (nSPS) is 15.3. The minimum Gasteiger partial charge on any atom is -0.354 e. The van der Waals surface area contributed by atoms with Gasteiger partial charge in [0.2, 0.25) is 9.84 Å². The number of piperazine rings is 1.